The molecular weight excluding hydrogens is 313 g/mol. The quantitative estimate of drug-likeness (QED) is 0.568. The predicted octanol–water partition coefficient (Wildman–Crippen LogP) is 3.45. The highest BCUT2D eigenvalue weighted by atomic mass is 31.1. The third-order valence-electron chi connectivity index (χ3n) is 6.07. The molecule has 2 saturated carbocycles. The van der Waals surface area contributed by atoms with Gasteiger partial charge < -0.3 is 15.4 Å². The van der Waals surface area contributed by atoms with Crippen molar-refractivity contribution in [2.24, 2.45) is 23.0 Å². The van der Waals surface area contributed by atoms with Gasteiger partial charge in [-0.3, -0.25) is 9.36 Å². The number of carbonyl (C=O) groups excluding carboxylic acids is 1. The molecule has 3 N–H and O–H groups in total. The van der Waals surface area contributed by atoms with Gasteiger partial charge in [-0.2, -0.15) is 0 Å². The lowest BCUT2D eigenvalue weighted by Gasteiger charge is -2.45. The molecule has 0 aromatic rings. The normalized spacial score (nSPS) is 26.2. The Morgan fingerprint density at radius 1 is 1.17 bits per heavy atom. The average Bonchev–Trinajstić information content (AvgIpc) is 2.60. The van der Waals surface area contributed by atoms with Crippen LogP contribution >= 0.6 is 8.03 Å². The van der Waals surface area contributed by atoms with Crippen LogP contribution in [0.25, 0.3) is 0 Å². The van der Waals surface area contributed by atoms with Crippen molar-refractivity contribution in [2.75, 3.05) is 7.11 Å². The molecule has 0 spiro atoms. The van der Waals surface area contributed by atoms with Crippen molar-refractivity contribution in [1.29, 1.82) is 0 Å². The summed E-state index contributed by atoms with van der Waals surface area (Å²) in [6.45, 7) is 0. The van der Waals surface area contributed by atoms with Crippen LogP contribution in [-0.2, 0) is 14.1 Å². The molecule has 0 radical (unpaired) electrons. The fourth-order valence-corrected chi connectivity index (χ4v) is 5.73. The molecule has 5 nitrogen and oxygen atoms in total. The Balaban J connectivity index is 2.34. The highest BCUT2D eigenvalue weighted by Gasteiger charge is 2.54. The van der Waals surface area contributed by atoms with Crippen LogP contribution in [0.15, 0.2) is 0 Å². The maximum atomic E-state index is 12.8. The average molecular weight is 345 g/mol. The van der Waals surface area contributed by atoms with Crippen molar-refractivity contribution >= 4 is 14.0 Å². The Kier molecular flexibility index (Phi) is 7.12. The molecule has 2 fully saturated rings. The number of carbonyl (C=O) groups is 1. The van der Waals surface area contributed by atoms with Crippen LogP contribution < -0.4 is 5.73 Å². The summed E-state index contributed by atoms with van der Waals surface area (Å²) in [5.41, 5.74) is 5.22. The van der Waals surface area contributed by atoms with Crippen molar-refractivity contribution in [3.63, 3.8) is 0 Å². The van der Waals surface area contributed by atoms with Crippen molar-refractivity contribution < 1.29 is 19.0 Å². The van der Waals surface area contributed by atoms with Gasteiger partial charge in [0.15, 0.2) is 0 Å². The molecule has 0 bridgehead atoms. The summed E-state index contributed by atoms with van der Waals surface area (Å²) in [4.78, 5) is 22.6. The summed E-state index contributed by atoms with van der Waals surface area (Å²) in [5.74, 6) is -0.876. The SMILES string of the molecule is COC(=O)C(CC1CCCCC1)(C1CCCCC1)C(N)[PH](=O)O. The summed E-state index contributed by atoms with van der Waals surface area (Å²) in [5, 5.41) is 0. The molecule has 0 aliphatic heterocycles. The first kappa shape index (κ1) is 19.0. The number of methoxy groups -OCH3 is 1. The van der Waals surface area contributed by atoms with E-state index in [0.29, 0.717) is 12.3 Å². The summed E-state index contributed by atoms with van der Waals surface area (Å²) < 4.78 is 17.0. The minimum atomic E-state index is -2.99. The first-order valence-electron chi connectivity index (χ1n) is 9.09. The van der Waals surface area contributed by atoms with E-state index in [4.69, 9.17) is 10.5 Å². The molecule has 0 amide bonds. The largest absolute Gasteiger partial charge is 0.469 e. The number of rotatable bonds is 6. The van der Waals surface area contributed by atoms with Crippen LogP contribution in [0.2, 0.25) is 0 Å². The van der Waals surface area contributed by atoms with E-state index < -0.39 is 19.2 Å². The van der Waals surface area contributed by atoms with E-state index >= 15 is 0 Å². The molecule has 3 unspecified atom stereocenters. The van der Waals surface area contributed by atoms with Gasteiger partial charge in [-0.15, -0.1) is 0 Å². The lowest BCUT2D eigenvalue weighted by atomic mass is 9.63. The zero-order chi connectivity index (χ0) is 16.9. The number of ether oxygens (including phenoxy) is 1. The molecule has 2 aliphatic carbocycles. The second kappa shape index (κ2) is 8.64. The Morgan fingerprint density at radius 3 is 2.17 bits per heavy atom. The highest BCUT2D eigenvalue weighted by Crippen LogP contribution is 2.52. The van der Waals surface area contributed by atoms with Gasteiger partial charge in [0.1, 0.15) is 0 Å². The maximum Gasteiger partial charge on any atom is 0.314 e. The van der Waals surface area contributed by atoms with Gasteiger partial charge in [-0.1, -0.05) is 51.4 Å². The molecule has 0 saturated heterocycles. The topological polar surface area (TPSA) is 89.6 Å². The van der Waals surface area contributed by atoms with Crippen molar-refractivity contribution in [3.8, 4) is 0 Å². The van der Waals surface area contributed by atoms with E-state index in [-0.39, 0.29) is 11.9 Å². The number of nitrogens with two attached hydrogens (primary N) is 1. The van der Waals surface area contributed by atoms with Gasteiger partial charge >= 0.3 is 5.97 Å². The van der Waals surface area contributed by atoms with Gasteiger partial charge in [0.05, 0.1) is 18.3 Å². The van der Waals surface area contributed by atoms with Crippen LogP contribution in [0, 0.1) is 17.3 Å². The van der Waals surface area contributed by atoms with E-state index in [1.54, 1.807) is 0 Å². The van der Waals surface area contributed by atoms with Gasteiger partial charge in [-0.05, 0) is 31.1 Å². The third kappa shape index (κ3) is 4.18. The molecule has 2 rings (SSSR count). The first-order chi connectivity index (χ1) is 11.0. The highest BCUT2D eigenvalue weighted by molar-refractivity contribution is 7.39. The zero-order valence-electron chi connectivity index (χ0n) is 14.3. The van der Waals surface area contributed by atoms with Crippen LogP contribution in [0.4, 0.5) is 0 Å². The summed E-state index contributed by atoms with van der Waals surface area (Å²) in [6.07, 6.45) is 11.5. The standard InChI is InChI=1S/C17H32NO4P/c1-22-16(19)17(15(18)23(20)21,14-10-6-3-7-11-14)12-13-8-4-2-5-9-13/h13-15,23H,2-12,18H2,1H3,(H,20,21). The number of esters is 1. The minimum absolute atomic E-state index is 0.0710. The molecule has 6 heteroatoms. The molecule has 23 heavy (non-hydrogen) atoms. The second-order valence-corrected chi connectivity index (χ2v) is 8.69. The van der Waals surface area contributed by atoms with E-state index in [1.165, 1.54) is 32.8 Å². The predicted molar refractivity (Wildman–Crippen MR) is 91.4 cm³/mol. The van der Waals surface area contributed by atoms with E-state index in [0.717, 1.165) is 38.5 Å². The van der Waals surface area contributed by atoms with Crippen molar-refractivity contribution in [3.05, 3.63) is 0 Å². The van der Waals surface area contributed by atoms with E-state index in [1.807, 2.05) is 0 Å². The van der Waals surface area contributed by atoms with Crippen molar-refractivity contribution in [2.45, 2.75) is 76.4 Å². The van der Waals surface area contributed by atoms with Crippen molar-refractivity contribution in [1.82, 2.24) is 0 Å². The molecular formula is C17H32NO4P. The maximum absolute atomic E-state index is 12.8. The number of hydrogen-bond acceptors (Lipinski definition) is 4. The molecule has 0 aromatic carbocycles. The Bertz CT molecular complexity index is 419. The number of hydrogen-bond donors (Lipinski definition) is 2. The second-order valence-electron chi connectivity index (χ2n) is 7.39. The van der Waals surface area contributed by atoms with Gasteiger partial charge in [0.25, 0.3) is 0 Å². The lowest BCUT2D eigenvalue weighted by Crippen LogP contribution is -2.53. The lowest BCUT2D eigenvalue weighted by molar-refractivity contribution is -0.160. The van der Waals surface area contributed by atoms with Gasteiger partial charge in [-0.25, -0.2) is 0 Å². The Hall–Kier alpha value is -0.380. The fraction of sp³-hybridized carbons (Fsp3) is 0.941. The summed E-state index contributed by atoms with van der Waals surface area (Å²) in [6, 6.07) is 0. The molecule has 2 aliphatic rings. The molecule has 0 heterocycles. The van der Waals surface area contributed by atoms with Gasteiger partial charge in [0, 0.05) is 0 Å². The minimum Gasteiger partial charge on any atom is -0.469 e. The van der Waals surface area contributed by atoms with Crippen LogP contribution in [0.3, 0.4) is 0 Å². The first-order valence-corrected chi connectivity index (χ1v) is 10.5. The molecule has 0 aromatic heterocycles. The van der Waals surface area contributed by atoms with E-state index in [9.17, 15) is 14.3 Å². The smallest absolute Gasteiger partial charge is 0.314 e. The monoisotopic (exact) mass is 345 g/mol. The zero-order valence-corrected chi connectivity index (χ0v) is 15.3. The van der Waals surface area contributed by atoms with Crippen LogP contribution in [0.5, 0.6) is 0 Å². The van der Waals surface area contributed by atoms with Crippen LogP contribution in [-0.4, -0.2) is 23.8 Å². The van der Waals surface area contributed by atoms with Crippen LogP contribution in [0.1, 0.15) is 70.6 Å². The van der Waals surface area contributed by atoms with E-state index in [2.05, 4.69) is 0 Å². The third-order valence-corrected chi connectivity index (χ3v) is 7.12. The summed E-state index contributed by atoms with van der Waals surface area (Å²) in [7, 11) is -1.62. The Labute approximate surface area is 140 Å². The van der Waals surface area contributed by atoms with Gasteiger partial charge in [0.2, 0.25) is 8.03 Å². The molecule has 134 valence electrons. The summed E-state index contributed by atoms with van der Waals surface area (Å²) >= 11 is 0. The molecule has 3 atom stereocenters. The Morgan fingerprint density at radius 2 is 1.70 bits per heavy atom. The fourth-order valence-electron chi connectivity index (χ4n) is 4.82.